The number of carbonyl (C=O) groups is 1. The van der Waals surface area contributed by atoms with Crippen LogP contribution in [0, 0.1) is 0 Å². The van der Waals surface area contributed by atoms with E-state index in [4.69, 9.17) is 9.47 Å². The molecule has 1 N–H and O–H groups in total. The highest BCUT2D eigenvalue weighted by atomic mass is 32.1. The molecule has 3 rings (SSSR count). The summed E-state index contributed by atoms with van der Waals surface area (Å²) in [5.74, 6) is 1.05. The Morgan fingerprint density at radius 2 is 1.88 bits per heavy atom. The molecule has 136 valence electrons. The molecule has 3 aromatic rings. The van der Waals surface area contributed by atoms with Crippen molar-refractivity contribution in [2.24, 2.45) is 0 Å². The molecule has 0 saturated heterocycles. The van der Waals surface area contributed by atoms with E-state index >= 15 is 0 Å². The average Bonchev–Trinajstić information content (AvgIpc) is 2.96. The van der Waals surface area contributed by atoms with Gasteiger partial charge in [0.05, 0.1) is 17.3 Å². The lowest BCUT2D eigenvalue weighted by Gasteiger charge is -2.15. The number of carbonyl (C=O) groups excluding carboxylic acids is 1. The fourth-order valence-electron chi connectivity index (χ4n) is 2.60. The van der Waals surface area contributed by atoms with Crippen molar-refractivity contribution in [1.82, 2.24) is 4.57 Å². The molecule has 1 aromatic heterocycles. The molecule has 1 heterocycles. The van der Waals surface area contributed by atoms with E-state index < -0.39 is 6.10 Å². The first kappa shape index (κ1) is 18.0. The van der Waals surface area contributed by atoms with Crippen LogP contribution in [0.15, 0.2) is 47.3 Å². The van der Waals surface area contributed by atoms with Crippen LogP contribution < -0.4 is 19.7 Å². The molecule has 6 nitrogen and oxygen atoms in total. The number of benzene rings is 2. The Morgan fingerprint density at radius 1 is 1.19 bits per heavy atom. The molecular formula is C19H20N2O4S. The quantitative estimate of drug-likeness (QED) is 0.719. The Labute approximate surface area is 155 Å². The van der Waals surface area contributed by atoms with Gasteiger partial charge in [0.1, 0.15) is 11.5 Å². The van der Waals surface area contributed by atoms with Gasteiger partial charge in [0.2, 0.25) is 0 Å². The number of rotatable bonds is 6. The molecular weight excluding hydrogens is 352 g/mol. The number of aromatic nitrogens is 1. The molecule has 0 bridgehead atoms. The van der Waals surface area contributed by atoms with Crippen molar-refractivity contribution in [2.75, 3.05) is 12.4 Å². The largest absolute Gasteiger partial charge is 0.497 e. The number of nitrogens with zero attached hydrogens (tertiary/aromatic N) is 1. The van der Waals surface area contributed by atoms with Crippen LogP contribution in [0.2, 0.25) is 0 Å². The van der Waals surface area contributed by atoms with E-state index in [9.17, 15) is 9.59 Å². The summed E-state index contributed by atoms with van der Waals surface area (Å²) in [6.07, 6.45) is -0.668. The van der Waals surface area contributed by atoms with Gasteiger partial charge in [-0.2, -0.15) is 0 Å². The minimum absolute atomic E-state index is 0.00202. The number of thiazole rings is 1. The van der Waals surface area contributed by atoms with Gasteiger partial charge in [0.15, 0.2) is 6.10 Å². The number of fused-ring (bicyclic) bond motifs is 1. The van der Waals surface area contributed by atoms with E-state index in [1.54, 1.807) is 48.9 Å². The molecule has 26 heavy (non-hydrogen) atoms. The highest BCUT2D eigenvalue weighted by Crippen LogP contribution is 2.23. The van der Waals surface area contributed by atoms with Crippen LogP contribution in [0.3, 0.4) is 0 Å². The van der Waals surface area contributed by atoms with Crippen LogP contribution in [0.25, 0.3) is 10.2 Å². The van der Waals surface area contributed by atoms with Crippen molar-refractivity contribution in [3.63, 3.8) is 0 Å². The van der Waals surface area contributed by atoms with Gasteiger partial charge < -0.3 is 14.8 Å². The van der Waals surface area contributed by atoms with Crippen molar-refractivity contribution in [3.05, 3.63) is 52.1 Å². The molecule has 2 aromatic carbocycles. The second-order valence-corrected chi connectivity index (χ2v) is 6.71. The molecule has 0 spiro atoms. The third-order valence-electron chi connectivity index (χ3n) is 3.99. The number of methoxy groups -OCH3 is 1. The van der Waals surface area contributed by atoms with Gasteiger partial charge in [-0.3, -0.25) is 14.2 Å². The van der Waals surface area contributed by atoms with Crippen molar-refractivity contribution < 1.29 is 14.3 Å². The van der Waals surface area contributed by atoms with E-state index in [2.05, 4.69) is 5.32 Å². The molecule has 0 saturated carbocycles. The predicted octanol–water partition coefficient (Wildman–Crippen LogP) is 3.50. The molecule has 1 amide bonds. The Bertz CT molecular complexity index is 975. The van der Waals surface area contributed by atoms with E-state index in [0.717, 1.165) is 16.0 Å². The lowest BCUT2D eigenvalue weighted by atomic mass is 10.2. The first-order valence-corrected chi connectivity index (χ1v) is 9.08. The maximum absolute atomic E-state index is 12.4. The van der Waals surface area contributed by atoms with Crippen molar-refractivity contribution in [3.8, 4) is 11.5 Å². The average molecular weight is 372 g/mol. The highest BCUT2D eigenvalue weighted by molar-refractivity contribution is 7.16. The first-order valence-electron chi connectivity index (χ1n) is 8.26. The van der Waals surface area contributed by atoms with Gasteiger partial charge in [-0.05, 0) is 56.3 Å². The van der Waals surface area contributed by atoms with Gasteiger partial charge in [-0.25, -0.2) is 0 Å². The highest BCUT2D eigenvalue weighted by Gasteiger charge is 2.16. The number of nitrogens with one attached hydrogen (secondary N) is 1. The zero-order chi connectivity index (χ0) is 18.7. The molecule has 1 atom stereocenters. The molecule has 0 radical (unpaired) electrons. The summed E-state index contributed by atoms with van der Waals surface area (Å²) in [5, 5.41) is 2.83. The fraction of sp³-hybridized carbons (Fsp3) is 0.263. The number of ether oxygens (including phenoxy) is 2. The van der Waals surface area contributed by atoms with Gasteiger partial charge in [-0.1, -0.05) is 11.3 Å². The lowest BCUT2D eigenvalue weighted by Crippen LogP contribution is -2.30. The van der Waals surface area contributed by atoms with Gasteiger partial charge in [0.25, 0.3) is 5.91 Å². The predicted molar refractivity (Wildman–Crippen MR) is 103 cm³/mol. The number of anilines is 1. The third kappa shape index (κ3) is 3.72. The first-order chi connectivity index (χ1) is 12.5. The standard InChI is InChI=1S/C19H20N2O4S/c1-4-21-16-10-5-13(11-17(16)26-19(21)23)20-18(22)12(2)25-15-8-6-14(24-3)7-9-15/h5-12H,4H2,1-3H3,(H,20,22)/t12-/m0/s1. The number of aryl methyl sites for hydroxylation is 1. The number of hydrogen-bond acceptors (Lipinski definition) is 5. The summed E-state index contributed by atoms with van der Waals surface area (Å²) in [6, 6.07) is 12.5. The zero-order valence-electron chi connectivity index (χ0n) is 14.8. The Morgan fingerprint density at radius 3 is 2.54 bits per heavy atom. The monoisotopic (exact) mass is 372 g/mol. The van der Waals surface area contributed by atoms with Gasteiger partial charge >= 0.3 is 4.87 Å². The van der Waals surface area contributed by atoms with Gasteiger partial charge in [-0.15, -0.1) is 0 Å². The van der Waals surface area contributed by atoms with Crippen molar-refractivity contribution in [1.29, 1.82) is 0 Å². The maximum Gasteiger partial charge on any atom is 0.308 e. The van der Waals surface area contributed by atoms with Crippen LogP contribution in [0.5, 0.6) is 11.5 Å². The van der Waals surface area contributed by atoms with E-state index in [1.165, 1.54) is 11.3 Å². The Kier molecular flexibility index (Phi) is 5.27. The molecule has 0 aliphatic rings. The van der Waals surface area contributed by atoms with E-state index in [0.29, 0.717) is 18.0 Å². The molecule has 0 fully saturated rings. The molecule has 7 heteroatoms. The summed E-state index contributed by atoms with van der Waals surface area (Å²) >= 11 is 1.17. The maximum atomic E-state index is 12.4. The van der Waals surface area contributed by atoms with Crippen LogP contribution in [0.1, 0.15) is 13.8 Å². The number of hydrogen-bond donors (Lipinski definition) is 1. The summed E-state index contributed by atoms with van der Waals surface area (Å²) in [6.45, 7) is 4.24. The van der Waals surface area contributed by atoms with Crippen LogP contribution >= 0.6 is 11.3 Å². The molecule has 0 aliphatic carbocycles. The summed E-state index contributed by atoms with van der Waals surface area (Å²) in [5.41, 5.74) is 1.51. The topological polar surface area (TPSA) is 69.6 Å². The number of amides is 1. The van der Waals surface area contributed by atoms with Crippen LogP contribution in [-0.2, 0) is 11.3 Å². The van der Waals surface area contributed by atoms with Gasteiger partial charge in [0, 0.05) is 12.2 Å². The smallest absolute Gasteiger partial charge is 0.308 e. The van der Waals surface area contributed by atoms with E-state index in [1.807, 2.05) is 19.1 Å². The van der Waals surface area contributed by atoms with Crippen molar-refractivity contribution >= 4 is 33.1 Å². The fourth-order valence-corrected chi connectivity index (χ4v) is 3.59. The van der Waals surface area contributed by atoms with Crippen LogP contribution in [-0.4, -0.2) is 23.7 Å². The summed E-state index contributed by atoms with van der Waals surface area (Å²) < 4.78 is 13.3. The third-order valence-corrected chi connectivity index (χ3v) is 4.94. The second-order valence-electron chi connectivity index (χ2n) is 5.72. The Balaban J connectivity index is 1.70. The van der Waals surface area contributed by atoms with Crippen LogP contribution in [0.4, 0.5) is 5.69 Å². The normalized spacial score (nSPS) is 12.0. The Hall–Kier alpha value is -2.80. The SMILES string of the molecule is CCn1c(=O)sc2cc(NC(=O)[C@H](C)Oc3ccc(OC)cc3)ccc21. The minimum atomic E-state index is -0.668. The lowest BCUT2D eigenvalue weighted by molar-refractivity contribution is -0.122. The second kappa shape index (κ2) is 7.61. The summed E-state index contributed by atoms with van der Waals surface area (Å²) in [7, 11) is 1.59. The minimum Gasteiger partial charge on any atom is -0.497 e. The molecule has 0 unspecified atom stereocenters. The van der Waals surface area contributed by atoms with E-state index in [-0.39, 0.29) is 10.8 Å². The zero-order valence-corrected chi connectivity index (χ0v) is 15.6. The summed E-state index contributed by atoms with van der Waals surface area (Å²) in [4.78, 5) is 24.3. The van der Waals surface area contributed by atoms with Crippen molar-refractivity contribution in [2.45, 2.75) is 26.5 Å². The molecule has 0 aliphatic heterocycles.